The fourth-order valence-electron chi connectivity index (χ4n) is 2.64. The molecular formula is C13H24N2O2S. The summed E-state index contributed by atoms with van der Waals surface area (Å²) in [5.41, 5.74) is -0.689. The number of thioether (sulfide) groups is 1. The standard InChI is InChI=1S/C13H24N2O2S/c16-12(14-9-13(17)7-8-18-10-13)15-11-5-3-1-2-4-6-11/h11,17H,1-10H2,(H2,14,15,16). The van der Waals surface area contributed by atoms with Crippen LogP contribution in [0.1, 0.15) is 44.9 Å². The number of hydrogen-bond donors (Lipinski definition) is 3. The Labute approximate surface area is 113 Å². The fraction of sp³-hybridized carbons (Fsp3) is 0.923. The second-order valence-electron chi connectivity index (χ2n) is 5.54. The Bertz CT molecular complexity index is 272. The molecule has 0 radical (unpaired) electrons. The van der Waals surface area contributed by atoms with Crippen molar-refractivity contribution in [3.05, 3.63) is 0 Å². The Morgan fingerprint density at radius 1 is 1.28 bits per heavy atom. The molecule has 4 nitrogen and oxygen atoms in total. The molecule has 1 aliphatic heterocycles. The number of aliphatic hydroxyl groups is 1. The average Bonchev–Trinajstić information content (AvgIpc) is 2.62. The van der Waals surface area contributed by atoms with Crippen LogP contribution in [0.15, 0.2) is 0 Å². The maximum Gasteiger partial charge on any atom is 0.315 e. The highest BCUT2D eigenvalue weighted by Crippen LogP contribution is 2.26. The Balaban J connectivity index is 1.67. The number of carbonyl (C=O) groups excluding carboxylic acids is 1. The van der Waals surface area contributed by atoms with E-state index in [2.05, 4.69) is 10.6 Å². The van der Waals surface area contributed by atoms with Gasteiger partial charge in [0.25, 0.3) is 0 Å². The first-order valence-electron chi connectivity index (χ1n) is 7.02. The second-order valence-corrected chi connectivity index (χ2v) is 6.65. The zero-order valence-electron chi connectivity index (χ0n) is 10.9. The molecule has 1 saturated carbocycles. The number of amides is 2. The number of carbonyl (C=O) groups is 1. The molecule has 0 bridgehead atoms. The van der Waals surface area contributed by atoms with Gasteiger partial charge >= 0.3 is 6.03 Å². The van der Waals surface area contributed by atoms with E-state index in [1.54, 1.807) is 11.8 Å². The van der Waals surface area contributed by atoms with Crippen molar-refractivity contribution >= 4 is 17.8 Å². The predicted molar refractivity (Wildman–Crippen MR) is 74.9 cm³/mol. The minimum atomic E-state index is -0.689. The monoisotopic (exact) mass is 272 g/mol. The summed E-state index contributed by atoms with van der Waals surface area (Å²) in [4.78, 5) is 11.8. The van der Waals surface area contributed by atoms with Gasteiger partial charge in [-0.15, -0.1) is 0 Å². The molecular weight excluding hydrogens is 248 g/mol. The van der Waals surface area contributed by atoms with E-state index < -0.39 is 5.60 Å². The minimum Gasteiger partial charge on any atom is -0.387 e. The first kappa shape index (κ1) is 14.0. The van der Waals surface area contributed by atoms with E-state index in [1.807, 2.05) is 0 Å². The van der Waals surface area contributed by atoms with Crippen molar-refractivity contribution in [2.24, 2.45) is 0 Å². The summed E-state index contributed by atoms with van der Waals surface area (Å²) in [6.45, 7) is 0.374. The lowest BCUT2D eigenvalue weighted by Gasteiger charge is -2.23. The second kappa shape index (κ2) is 6.66. The smallest absolute Gasteiger partial charge is 0.315 e. The van der Waals surface area contributed by atoms with E-state index in [0.717, 1.165) is 30.8 Å². The molecule has 1 saturated heterocycles. The zero-order valence-corrected chi connectivity index (χ0v) is 11.7. The van der Waals surface area contributed by atoms with E-state index in [1.165, 1.54) is 25.7 Å². The van der Waals surface area contributed by atoms with E-state index in [9.17, 15) is 9.90 Å². The van der Waals surface area contributed by atoms with E-state index >= 15 is 0 Å². The molecule has 1 aliphatic carbocycles. The Kier molecular flexibility index (Phi) is 5.18. The van der Waals surface area contributed by atoms with Crippen molar-refractivity contribution in [1.82, 2.24) is 10.6 Å². The van der Waals surface area contributed by atoms with Gasteiger partial charge in [0.15, 0.2) is 0 Å². The lowest BCUT2D eigenvalue weighted by molar-refractivity contribution is 0.0698. The zero-order chi connectivity index (χ0) is 12.8. The third kappa shape index (κ3) is 4.35. The molecule has 1 atom stereocenters. The molecule has 0 aromatic carbocycles. The molecule has 2 fully saturated rings. The van der Waals surface area contributed by atoms with Gasteiger partial charge in [0.05, 0.1) is 5.60 Å². The SMILES string of the molecule is O=C(NCC1(O)CCSC1)NC1CCCCCC1. The van der Waals surface area contributed by atoms with Crippen LogP contribution in [0.4, 0.5) is 4.79 Å². The molecule has 0 aromatic rings. The highest BCUT2D eigenvalue weighted by atomic mass is 32.2. The van der Waals surface area contributed by atoms with E-state index in [4.69, 9.17) is 0 Å². The van der Waals surface area contributed by atoms with Gasteiger partial charge in [-0.25, -0.2) is 4.79 Å². The van der Waals surface area contributed by atoms with Gasteiger partial charge < -0.3 is 15.7 Å². The van der Waals surface area contributed by atoms with Crippen molar-refractivity contribution in [2.75, 3.05) is 18.1 Å². The summed E-state index contributed by atoms with van der Waals surface area (Å²) in [5.74, 6) is 1.72. The Morgan fingerprint density at radius 2 is 2.00 bits per heavy atom. The van der Waals surface area contributed by atoms with Crippen LogP contribution in [0.25, 0.3) is 0 Å². The topological polar surface area (TPSA) is 61.4 Å². The predicted octanol–water partition coefficient (Wildman–Crippen LogP) is 1.88. The van der Waals surface area contributed by atoms with Crippen LogP contribution < -0.4 is 10.6 Å². The number of hydrogen-bond acceptors (Lipinski definition) is 3. The third-order valence-corrected chi connectivity index (χ3v) is 5.09. The van der Waals surface area contributed by atoms with Crippen LogP contribution in [-0.2, 0) is 0 Å². The summed E-state index contributed by atoms with van der Waals surface area (Å²) >= 11 is 1.75. The molecule has 0 spiro atoms. The molecule has 1 heterocycles. The lowest BCUT2D eigenvalue weighted by Crippen LogP contribution is -2.48. The van der Waals surface area contributed by atoms with Crippen molar-refractivity contribution < 1.29 is 9.90 Å². The Morgan fingerprint density at radius 3 is 2.61 bits per heavy atom. The fourth-order valence-corrected chi connectivity index (χ4v) is 3.94. The molecule has 18 heavy (non-hydrogen) atoms. The summed E-state index contributed by atoms with van der Waals surface area (Å²) in [5, 5.41) is 16.0. The molecule has 1 unspecified atom stereocenters. The van der Waals surface area contributed by atoms with Gasteiger partial charge in [0.1, 0.15) is 0 Å². The molecule has 5 heteroatoms. The lowest BCUT2D eigenvalue weighted by atomic mass is 10.0. The average molecular weight is 272 g/mol. The van der Waals surface area contributed by atoms with Gasteiger partial charge in [-0.05, 0) is 25.0 Å². The third-order valence-electron chi connectivity index (χ3n) is 3.85. The van der Waals surface area contributed by atoms with E-state index in [-0.39, 0.29) is 6.03 Å². The molecule has 2 aliphatic rings. The molecule has 2 amide bonds. The first-order chi connectivity index (χ1) is 8.68. The molecule has 3 N–H and O–H groups in total. The maximum atomic E-state index is 11.8. The van der Waals surface area contributed by atoms with Crippen LogP contribution in [-0.4, -0.2) is 40.8 Å². The van der Waals surface area contributed by atoms with Gasteiger partial charge in [0, 0.05) is 18.3 Å². The quantitative estimate of drug-likeness (QED) is 0.687. The van der Waals surface area contributed by atoms with Crippen molar-refractivity contribution in [3.8, 4) is 0 Å². The Hall–Kier alpha value is -0.420. The van der Waals surface area contributed by atoms with Crippen LogP contribution in [0.5, 0.6) is 0 Å². The summed E-state index contributed by atoms with van der Waals surface area (Å²) in [6, 6.07) is 0.201. The van der Waals surface area contributed by atoms with Crippen molar-refractivity contribution in [1.29, 1.82) is 0 Å². The highest BCUT2D eigenvalue weighted by Gasteiger charge is 2.32. The first-order valence-corrected chi connectivity index (χ1v) is 8.18. The number of urea groups is 1. The van der Waals surface area contributed by atoms with Crippen molar-refractivity contribution in [3.63, 3.8) is 0 Å². The van der Waals surface area contributed by atoms with Gasteiger partial charge in [-0.2, -0.15) is 11.8 Å². The van der Waals surface area contributed by atoms with Gasteiger partial charge in [0.2, 0.25) is 0 Å². The highest BCUT2D eigenvalue weighted by molar-refractivity contribution is 7.99. The largest absolute Gasteiger partial charge is 0.387 e. The maximum absolute atomic E-state index is 11.8. The normalized spacial score (nSPS) is 29.8. The molecule has 0 aromatic heterocycles. The van der Waals surface area contributed by atoms with Crippen LogP contribution in [0.2, 0.25) is 0 Å². The van der Waals surface area contributed by atoms with Crippen LogP contribution in [0, 0.1) is 0 Å². The molecule has 104 valence electrons. The summed E-state index contributed by atoms with van der Waals surface area (Å²) < 4.78 is 0. The molecule has 2 rings (SSSR count). The summed E-state index contributed by atoms with van der Waals surface area (Å²) in [6.07, 6.45) is 7.97. The number of rotatable bonds is 3. The van der Waals surface area contributed by atoms with E-state index in [0.29, 0.717) is 12.6 Å². The van der Waals surface area contributed by atoms with Gasteiger partial charge in [-0.1, -0.05) is 25.7 Å². The minimum absolute atomic E-state index is 0.118. The summed E-state index contributed by atoms with van der Waals surface area (Å²) in [7, 11) is 0. The van der Waals surface area contributed by atoms with Crippen molar-refractivity contribution in [2.45, 2.75) is 56.6 Å². The van der Waals surface area contributed by atoms with Crippen LogP contribution in [0.3, 0.4) is 0 Å². The van der Waals surface area contributed by atoms with Crippen LogP contribution >= 0.6 is 11.8 Å². The van der Waals surface area contributed by atoms with Gasteiger partial charge in [-0.3, -0.25) is 0 Å². The number of nitrogens with one attached hydrogen (secondary N) is 2.